The molecule has 0 aliphatic carbocycles. The molecule has 0 saturated heterocycles. The fourth-order valence-corrected chi connectivity index (χ4v) is 2.93. The van der Waals surface area contributed by atoms with E-state index in [1.54, 1.807) is 0 Å². The molecule has 0 aliphatic heterocycles. The molecule has 0 saturated carbocycles. The van der Waals surface area contributed by atoms with E-state index in [0.717, 1.165) is 5.69 Å². The minimum atomic E-state index is 0.915. The molecule has 0 bridgehead atoms. The van der Waals surface area contributed by atoms with Gasteiger partial charge in [-0.15, -0.1) is 11.8 Å². The average Bonchev–Trinajstić information content (AvgIpc) is 2.33. The van der Waals surface area contributed by atoms with Crippen molar-refractivity contribution in [1.29, 1.82) is 0 Å². The molecular formula is C15H25NS. The van der Waals surface area contributed by atoms with Crippen molar-refractivity contribution >= 4 is 17.4 Å². The van der Waals surface area contributed by atoms with Crippen molar-refractivity contribution in [2.24, 2.45) is 0 Å². The van der Waals surface area contributed by atoms with E-state index in [1.165, 1.54) is 54.7 Å². The van der Waals surface area contributed by atoms with Gasteiger partial charge in [-0.05, 0) is 36.8 Å². The lowest BCUT2D eigenvalue weighted by Crippen LogP contribution is -1.91. The number of rotatable bonds is 8. The van der Waals surface area contributed by atoms with Crippen molar-refractivity contribution in [2.75, 3.05) is 11.5 Å². The highest BCUT2D eigenvalue weighted by Gasteiger charge is 2.01. The summed E-state index contributed by atoms with van der Waals surface area (Å²) in [6.45, 7) is 4.37. The highest BCUT2D eigenvalue weighted by atomic mass is 32.2. The number of hydrogen-bond acceptors (Lipinski definition) is 2. The maximum atomic E-state index is 5.89. The summed E-state index contributed by atoms with van der Waals surface area (Å²) in [7, 11) is 0. The fraction of sp³-hybridized carbons (Fsp3) is 0.600. The third-order valence-corrected chi connectivity index (χ3v) is 4.33. The van der Waals surface area contributed by atoms with Gasteiger partial charge in [-0.25, -0.2) is 0 Å². The molecule has 0 aromatic heterocycles. The second kappa shape index (κ2) is 8.46. The third-order valence-electron chi connectivity index (χ3n) is 3.08. The summed E-state index contributed by atoms with van der Waals surface area (Å²) >= 11 is 1.94. The first kappa shape index (κ1) is 14.4. The molecular weight excluding hydrogens is 226 g/mol. The van der Waals surface area contributed by atoms with Crippen LogP contribution in [0.4, 0.5) is 5.69 Å². The SMILES string of the molecule is CCCCCCCCSc1cccc(N)c1C. The van der Waals surface area contributed by atoms with Gasteiger partial charge in [-0.1, -0.05) is 45.1 Å². The largest absolute Gasteiger partial charge is 0.398 e. The molecule has 1 aromatic carbocycles. The zero-order valence-electron chi connectivity index (χ0n) is 11.2. The van der Waals surface area contributed by atoms with Gasteiger partial charge in [0.2, 0.25) is 0 Å². The van der Waals surface area contributed by atoms with Crippen LogP contribution in [0.15, 0.2) is 23.1 Å². The monoisotopic (exact) mass is 251 g/mol. The Morgan fingerprint density at radius 3 is 2.53 bits per heavy atom. The molecule has 0 radical (unpaired) electrons. The molecule has 0 aliphatic rings. The van der Waals surface area contributed by atoms with E-state index in [-0.39, 0.29) is 0 Å². The van der Waals surface area contributed by atoms with E-state index in [9.17, 15) is 0 Å². The molecule has 0 atom stereocenters. The lowest BCUT2D eigenvalue weighted by Gasteiger charge is -2.07. The van der Waals surface area contributed by atoms with Gasteiger partial charge < -0.3 is 5.73 Å². The summed E-state index contributed by atoms with van der Waals surface area (Å²) in [5, 5.41) is 0. The number of hydrogen-bond donors (Lipinski definition) is 1. The average molecular weight is 251 g/mol. The molecule has 0 unspecified atom stereocenters. The molecule has 0 spiro atoms. The zero-order chi connectivity index (χ0) is 12.5. The predicted molar refractivity (Wildman–Crippen MR) is 79.7 cm³/mol. The summed E-state index contributed by atoms with van der Waals surface area (Å²) in [6.07, 6.45) is 8.21. The maximum absolute atomic E-state index is 5.89. The van der Waals surface area contributed by atoms with E-state index in [4.69, 9.17) is 5.73 Å². The van der Waals surface area contributed by atoms with Crippen LogP contribution in [0.5, 0.6) is 0 Å². The molecule has 1 rings (SSSR count). The Hall–Kier alpha value is -0.630. The third kappa shape index (κ3) is 5.49. The highest BCUT2D eigenvalue weighted by molar-refractivity contribution is 7.99. The molecule has 0 amide bonds. The molecule has 1 nitrogen and oxygen atoms in total. The summed E-state index contributed by atoms with van der Waals surface area (Å²) in [5.74, 6) is 1.22. The van der Waals surface area contributed by atoms with Gasteiger partial charge in [-0.2, -0.15) is 0 Å². The molecule has 2 N–H and O–H groups in total. The standard InChI is InChI=1S/C15H25NS/c1-3-4-5-6-7-8-12-17-15-11-9-10-14(16)13(15)2/h9-11H,3-8,12,16H2,1-2H3. The number of unbranched alkanes of at least 4 members (excludes halogenated alkanes) is 5. The number of nitrogens with two attached hydrogens (primary N) is 1. The molecule has 96 valence electrons. The van der Waals surface area contributed by atoms with E-state index < -0.39 is 0 Å². The van der Waals surface area contributed by atoms with E-state index in [2.05, 4.69) is 19.9 Å². The Balaban J connectivity index is 2.16. The Morgan fingerprint density at radius 2 is 1.76 bits per heavy atom. The van der Waals surface area contributed by atoms with E-state index in [1.807, 2.05) is 23.9 Å². The fourth-order valence-electron chi connectivity index (χ4n) is 1.85. The van der Waals surface area contributed by atoms with Gasteiger partial charge in [0.25, 0.3) is 0 Å². The number of thioether (sulfide) groups is 1. The van der Waals surface area contributed by atoms with Crippen molar-refractivity contribution in [3.63, 3.8) is 0 Å². The summed E-state index contributed by atoms with van der Waals surface area (Å²) in [4.78, 5) is 1.35. The van der Waals surface area contributed by atoms with Gasteiger partial charge >= 0.3 is 0 Å². The van der Waals surface area contributed by atoms with Gasteiger partial charge in [-0.3, -0.25) is 0 Å². The summed E-state index contributed by atoms with van der Waals surface area (Å²) in [5.41, 5.74) is 8.05. The van der Waals surface area contributed by atoms with Crippen LogP contribution in [-0.2, 0) is 0 Å². The molecule has 0 fully saturated rings. The Bertz CT molecular complexity index is 323. The normalized spacial score (nSPS) is 10.7. The zero-order valence-corrected chi connectivity index (χ0v) is 12.0. The van der Waals surface area contributed by atoms with Crippen molar-refractivity contribution in [3.05, 3.63) is 23.8 Å². The van der Waals surface area contributed by atoms with Crippen LogP contribution in [0.1, 0.15) is 51.0 Å². The van der Waals surface area contributed by atoms with Crippen LogP contribution < -0.4 is 5.73 Å². The molecule has 2 heteroatoms. The predicted octanol–water partition coefficient (Wildman–Crippen LogP) is 5.03. The van der Waals surface area contributed by atoms with Crippen LogP contribution in [0.2, 0.25) is 0 Å². The second-order valence-corrected chi connectivity index (χ2v) is 5.72. The lowest BCUT2D eigenvalue weighted by molar-refractivity contribution is 0.627. The van der Waals surface area contributed by atoms with Crippen molar-refractivity contribution in [3.8, 4) is 0 Å². The first-order valence-electron chi connectivity index (χ1n) is 6.73. The molecule has 1 aromatic rings. The van der Waals surface area contributed by atoms with Crippen LogP contribution in [0.25, 0.3) is 0 Å². The number of anilines is 1. The molecule has 17 heavy (non-hydrogen) atoms. The highest BCUT2D eigenvalue weighted by Crippen LogP contribution is 2.27. The van der Waals surface area contributed by atoms with Crippen LogP contribution in [0.3, 0.4) is 0 Å². The first-order valence-corrected chi connectivity index (χ1v) is 7.72. The van der Waals surface area contributed by atoms with Gasteiger partial charge in [0.05, 0.1) is 0 Å². The van der Waals surface area contributed by atoms with E-state index in [0.29, 0.717) is 0 Å². The quantitative estimate of drug-likeness (QED) is 0.398. The van der Waals surface area contributed by atoms with Gasteiger partial charge in [0, 0.05) is 10.6 Å². The summed E-state index contributed by atoms with van der Waals surface area (Å²) < 4.78 is 0. The smallest absolute Gasteiger partial charge is 0.0354 e. The van der Waals surface area contributed by atoms with E-state index >= 15 is 0 Å². The molecule has 0 heterocycles. The van der Waals surface area contributed by atoms with Gasteiger partial charge in [0.15, 0.2) is 0 Å². The second-order valence-electron chi connectivity index (χ2n) is 4.59. The topological polar surface area (TPSA) is 26.0 Å². The van der Waals surface area contributed by atoms with Crippen molar-refractivity contribution in [1.82, 2.24) is 0 Å². The van der Waals surface area contributed by atoms with Crippen molar-refractivity contribution in [2.45, 2.75) is 57.3 Å². The van der Waals surface area contributed by atoms with Crippen LogP contribution >= 0.6 is 11.8 Å². The first-order chi connectivity index (χ1) is 8.25. The van der Waals surface area contributed by atoms with Crippen LogP contribution in [-0.4, -0.2) is 5.75 Å². The van der Waals surface area contributed by atoms with Crippen molar-refractivity contribution < 1.29 is 0 Å². The number of benzene rings is 1. The maximum Gasteiger partial charge on any atom is 0.0354 e. The number of nitrogen functional groups attached to an aromatic ring is 1. The van der Waals surface area contributed by atoms with Gasteiger partial charge in [0.1, 0.15) is 0 Å². The Kier molecular flexibility index (Phi) is 7.18. The Morgan fingerprint density at radius 1 is 1.06 bits per heavy atom. The van der Waals surface area contributed by atoms with Crippen LogP contribution in [0, 0.1) is 6.92 Å². The Labute approximate surface area is 110 Å². The lowest BCUT2D eigenvalue weighted by atomic mass is 10.1. The summed E-state index contributed by atoms with van der Waals surface area (Å²) in [6, 6.07) is 6.20. The minimum Gasteiger partial charge on any atom is -0.398 e. The minimum absolute atomic E-state index is 0.915.